The molecule has 2 aliphatic heterocycles. The number of rotatable bonds is 2. The molecule has 4 heteroatoms. The fraction of sp³-hybridized carbons (Fsp3) is 0.643. The minimum absolute atomic E-state index is 0.252. The average molecular weight is 250 g/mol. The number of pyridine rings is 1. The summed E-state index contributed by atoms with van der Waals surface area (Å²) in [5.41, 5.74) is 1.03. The molecule has 0 amide bonds. The molecule has 98 valence electrons. The Morgan fingerprint density at radius 1 is 1.22 bits per heavy atom. The van der Waals surface area contributed by atoms with Gasteiger partial charge in [0.25, 0.3) is 0 Å². The molecule has 1 unspecified atom stereocenters. The van der Waals surface area contributed by atoms with Crippen molar-refractivity contribution in [3.05, 3.63) is 29.8 Å². The van der Waals surface area contributed by atoms with Gasteiger partial charge < -0.3 is 4.74 Å². The molecule has 2 fully saturated rings. The van der Waals surface area contributed by atoms with Crippen LogP contribution in [-0.4, -0.2) is 42.2 Å². The van der Waals surface area contributed by atoms with Crippen LogP contribution in [0.25, 0.3) is 0 Å². The van der Waals surface area contributed by atoms with E-state index >= 15 is 0 Å². The summed E-state index contributed by atoms with van der Waals surface area (Å²) in [6.07, 6.45) is 4.75. The van der Waals surface area contributed by atoms with E-state index in [0.29, 0.717) is 12.0 Å². The van der Waals surface area contributed by atoms with Crippen LogP contribution in [0.5, 0.6) is 0 Å². The van der Waals surface area contributed by atoms with Crippen LogP contribution in [-0.2, 0) is 4.74 Å². The van der Waals surface area contributed by atoms with Crippen molar-refractivity contribution in [2.24, 2.45) is 0 Å². The SMILES string of the molecule is Fc1ccc(C2CCN(C3CCOCC3)C2)nc1. The Bertz CT molecular complexity index is 389. The summed E-state index contributed by atoms with van der Waals surface area (Å²) in [4.78, 5) is 6.77. The zero-order valence-electron chi connectivity index (χ0n) is 10.5. The summed E-state index contributed by atoms with van der Waals surface area (Å²) >= 11 is 0. The van der Waals surface area contributed by atoms with Crippen LogP contribution in [0.2, 0.25) is 0 Å². The van der Waals surface area contributed by atoms with Gasteiger partial charge in [0.15, 0.2) is 0 Å². The van der Waals surface area contributed by atoms with E-state index in [0.717, 1.165) is 51.3 Å². The van der Waals surface area contributed by atoms with Gasteiger partial charge in [-0.15, -0.1) is 0 Å². The molecule has 2 aliphatic rings. The normalized spacial score (nSPS) is 26.6. The summed E-state index contributed by atoms with van der Waals surface area (Å²) in [6, 6.07) is 4.01. The molecule has 3 nitrogen and oxygen atoms in total. The first kappa shape index (κ1) is 12.1. The molecule has 0 N–H and O–H groups in total. The third kappa shape index (κ3) is 2.54. The van der Waals surface area contributed by atoms with Crippen molar-refractivity contribution < 1.29 is 9.13 Å². The van der Waals surface area contributed by atoms with Crippen molar-refractivity contribution >= 4 is 0 Å². The van der Waals surface area contributed by atoms with Gasteiger partial charge in [-0.2, -0.15) is 0 Å². The molecule has 3 heterocycles. The topological polar surface area (TPSA) is 25.4 Å². The Morgan fingerprint density at radius 3 is 2.78 bits per heavy atom. The molecule has 1 aromatic heterocycles. The highest BCUT2D eigenvalue weighted by molar-refractivity contribution is 5.13. The molecule has 0 radical (unpaired) electrons. The second-order valence-electron chi connectivity index (χ2n) is 5.23. The van der Waals surface area contributed by atoms with Gasteiger partial charge in [-0.05, 0) is 37.9 Å². The van der Waals surface area contributed by atoms with E-state index in [1.807, 2.05) is 6.07 Å². The van der Waals surface area contributed by atoms with E-state index in [9.17, 15) is 4.39 Å². The lowest BCUT2D eigenvalue weighted by atomic mass is 10.0. The summed E-state index contributed by atoms with van der Waals surface area (Å²) in [5, 5.41) is 0. The first-order valence-corrected chi connectivity index (χ1v) is 6.76. The van der Waals surface area contributed by atoms with Crippen molar-refractivity contribution in [3.63, 3.8) is 0 Å². The van der Waals surface area contributed by atoms with Crippen LogP contribution in [0.3, 0.4) is 0 Å². The van der Waals surface area contributed by atoms with Gasteiger partial charge in [-0.25, -0.2) is 4.39 Å². The standard InChI is InChI=1S/C14H19FN2O/c15-12-1-2-14(16-9-12)11-3-6-17(10-11)13-4-7-18-8-5-13/h1-2,9,11,13H,3-8,10H2. The number of hydrogen-bond acceptors (Lipinski definition) is 3. The minimum Gasteiger partial charge on any atom is -0.381 e. The average Bonchev–Trinajstić information content (AvgIpc) is 2.90. The van der Waals surface area contributed by atoms with Crippen molar-refractivity contribution in [2.75, 3.05) is 26.3 Å². The molecule has 1 atom stereocenters. The molecule has 1 aromatic rings. The van der Waals surface area contributed by atoms with E-state index in [4.69, 9.17) is 4.74 Å². The van der Waals surface area contributed by atoms with E-state index in [2.05, 4.69) is 9.88 Å². The molecule has 0 spiro atoms. The molecule has 0 bridgehead atoms. The molecule has 3 rings (SSSR count). The quantitative estimate of drug-likeness (QED) is 0.804. The first-order chi connectivity index (χ1) is 8.83. The molecular weight excluding hydrogens is 231 g/mol. The van der Waals surface area contributed by atoms with Crippen LogP contribution in [0.15, 0.2) is 18.3 Å². The van der Waals surface area contributed by atoms with Crippen molar-refractivity contribution in [3.8, 4) is 0 Å². The lowest BCUT2D eigenvalue weighted by Crippen LogP contribution is -2.37. The smallest absolute Gasteiger partial charge is 0.141 e. The van der Waals surface area contributed by atoms with Gasteiger partial charge in [0.05, 0.1) is 6.20 Å². The highest BCUT2D eigenvalue weighted by Gasteiger charge is 2.30. The Hall–Kier alpha value is -1.00. The summed E-state index contributed by atoms with van der Waals surface area (Å²) in [6.45, 7) is 3.97. The Labute approximate surface area is 107 Å². The first-order valence-electron chi connectivity index (χ1n) is 6.76. The lowest BCUT2D eigenvalue weighted by Gasteiger charge is -2.31. The molecular formula is C14H19FN2O. The predicted octanol–water partition coefficient (Wildman–Crippen LogP) is 2.19. The number of ether oxygens (including phenoxy) is 1. The van der Waals surface area contributed by atoms with Crippen LogP contribution in [0.1, 0.15) is 30.9 Å². The van der Waals surface area contributed by atoms with Gasteiger partial charge in [0.1, 0.15) is 5.82 Å². The molecule has 0 aromatic carbocycles. The number of halogens is 1. The van der Waals surface area contributed by atoms with Crippen LogP contribution in [0, 0.1) is 5.82 Å². The second-order valence-corrected chi connectivity index (χ2v) is 5.23. The maximum absolute atomic E-state index is 12.9. The van der Waals surface area contributed by atoms with Crippen molar-refractivity contribution in [1.82, 2.24) is 9.88 Å². The second kappa shape index (κ2) is 5.33. The van der Waals surface area contributed by atoms with Gasteiger partial charge in [0.2, 0.25) is 0 Å². The summed E-state index contributed by atoms with van der Waals surface area (Å²) in [7, 11) is 0. The van der Waals surface area contributed by atoms with Crippen molar-refractivity contribution in [2.45, 2.75) is 31.2 Å². The Kier molecular flexibility index (Phi) is 3.57. The van der Waals surface area contributed by atoms with Gasteiger partial charge in [-0.3, -0.25) is 9.88 Å². The summed E-state index contributed by atoms with van der Waals surface area (Å²) < 4.78 is 18.3. The fourth-order valence-electron chi connectivity index (χ4n) is 3.04. The number of likely N-dealkylation sites (tertiary alicyclic amines) is 1. The van der Waals surface area contributed by atoms with Crippen LogP contribution >= 0.6 is 0 Å². The molecule has 0 saturated carbocycles. The predicted molar refractivity (Wildman–Crippen MR) is 67.0 cm³/mol. The van der Waals surface area contributed by atoms with Crippen LogP contribution < -0.4 is 0 Å². The number of aromatic nitrogens is 1. The third-order valence-electron chi connectivity index (χ3n) is 4.10. The van der Waals surface area contributed by atoms with E-state index < -0.39 is 0 Å². The number of hydrogen-bond donors (Lipinski definition) is 0. The zero-order chi connectivity index (χ0) is 12.4. The Balaban J connectivity index is 1.62. The minimum atomic E-state index is -0.252. The van der Waals surface area contributed by atoms with Crippen LogP contribution in [0.4, 0.5) is 4.39 Å². The highest BCUT2D eigenvalue weighted by Crippen LogP contribution is 2.29. The Morgan fingerprint density at radius 2 is 2.06 bits per heavy atom. The van der Waals surface area contributed by atoms with Gasteiger partial charge in [-0.1, -0.05) is 0 Å². The van der Waals surface area contributed by atoms with Gasteiger partial charge >= 0.3 is 0 Å². The number of nitrogens with zero attached hydrogens (tertiary/aromatic N) is 2. The van der Waals surface area contributed by atoms with Gasteiger partial charge in [0, 0.05) is 37.4 Å². The third-order valence-corrected chi connectivity index (χ3v) is 4.10. The van der Waals surface area contributed by atoms with E-state index in [1.54, 1.807) is 0 Å². The largest absolute Gasteiger partial charge is 0.381 e. The van der Waals surface area contributed by atoms with E-state index in [1.165, 1.54) is 12.3 Å². The fourth-order valence-corrected chi connectivity index (χ4v) is 3.04. The molecule has 18 heavy (non-hydrogen) atoms. The monoisotopic (exact) mass is 250 g/mol. The molecule has 0 aliphatic carbocycles. The molecule has 2 saturated heterocycles. The maximum Gasteiger partial charge on any atom is 0.141 e. The lowest BCUT2D eigenvalue weighted by molar-refractivity contribution is 0.0419. The highest BCUT2D eigenvalue weighted by atomic mass is 19.1. The van der Waals surface area contributed by atoms with Crippen molar-refractivity contribution in [1.29, 1.82) is 0 Å². The van der Waals surface area contributed by atoms with E-state index in [-0.39, 0.29) is 5.82 Å². The summed E-state index contributed by atoms with van der Waals surface area (Å²) in [5.74, 6) is 0.214. The maximum atomic E-state index is 12.9. The zero-order valence-corrected chi connectivity index (χ0v) is 10.5.